The van der Waals surface area contributed by atoms with Crippen LogP contribution in [-0.4, -0.2) is 70.0 Å². The van der Waals surface area contributed by atoms with Crippen LogP contribution in [0.3, 0.4) is 0 Å². The fraction of sp³-hybridized carbons (Fsp3) is 0.915. The number of esters is 2. The van der Waals surface area contributed by atoms with E-state index in [0.29, 0.717) is 17.4 Å². The molecule has 0 aromatic heterocycles. The molecule has 0 aliphatic heterocycles. The zero-order valence-corrected chi connectivity index (χ0v) is 38.9. The van der Waals surface area contributed by atoms with Gasteiger partial charge in [-0.05, 0) is 38.5 Å². The Bertz CT molecular complexity index is 985. The quantitative estimate of drug-likeness (QED) is 0.0196. The van der Waals surface area contributed by atoms with E-state index in [1.807, 2.05) is 21.1 Å². The summed E-state index contributed by atoms with van der Waals surface area (Å²) in [4.78, 5) is 37.6. The lowest BCUT2D eigenvalue weighted by Crippen LogP contribution is -2.37. The number of likely N-dealkylation sites (N-methyl/N-ethyl adjacent to an activating group) is 1. The largest absolute Gasteiger partial charge is 0.756 e. The Morgan fingerprint density at radius 1 is 0.526 bits per heavy atom. The number of quaternary nitrogens is 1. The molecule has 0 spiro atoms. The molecule has 0 fully saturated rings. The van der Waals surface area contributed by atoms with E-state index in [1.165, 1.54) is 154 Å². The average molecular weight is 830 g/mol. The van der Waals surface area contributed by atoms with Crippen LogP contribution >= 0.6 is 7.82 Å². The van der Waals surface area contributed by atoms with Crippen LogP contribution in [0.5, 0.6) is 0 Å². The molecular formula is C47H92NO8P. The maximum atomic E-state index is 12.7. The van der Waals surface area contributed by atoms with E-state index in [-0.39, 0.29) is 32.0 Å². The number of ether oxygens (including phenoxy) is 2. The summed E-state index contributed by atoms with van der Waals surface area (Å²) < 4.78 is 34.0. The van der Waals surface area contributed by atoms with Crippen LogP contribution in [-0.2, 0) is 32.7 Å². The number of unbranched alkanes of at least 4 members (excludes halogenated alkanes) is 28. The molecule has 0 aromatic rings. The molecule has 2 atom stereocenters. The van der Waals surface area contributed by atoms with Crippen LogP contribution in [0.1, 0.15) is 226 Å². The average Bonchev–Trinajstić information content (AvgIpc) is 3.16. The highest BCUT2D eigenvalue weighted by Crippen LogP contribution is 2.38. The molecule has 9 nitrogen and oxygen atoms in total. The Labute approximate surface area is 352 Å². The van der Waals surface area contributed by atoms with Gasteiger partial charge >= 0.3 is 11.9 Å². The second kappa shape index (κ2) is 40.2. The van der Waals surface area contributed by atoms with Crippen molar-refractivity contribution in [2.75, 3.05) is 47.5 Å². The van der Waals surface area contributed by atoms with Crippen molar-refractivity contribution in [2.24, 2.45) is 0 Å². The zero-order chi connectivity index (χ0) is 42.1. The van der Waals surface area contributed by atoms with Crippen molar-refractivity contribution in [2.45, 2.75) is 232 Å². The zero-order valence-electron chi connectivity index (χ0n) is 38.1. The summed E-state index contributed by atoms with van der Waals surface area (Å²) in [6.07, 6.45) is 42.3. The Hall–Kier alpha value is -1.25. The van der Waals surface area contributed by atoms with Crippen molar-refractivity contribution < 1.29 is 42.1 Å². The van der Waals surface area contributed by atoms with Gasteiger partial charge in [0.05, 0.1) is 27.7 Å². The van der Waals surface area contributed by atoms with E-state index in [4.69, 9.17) is 18.5 Å². The Balaban J connectivity index is 4.28. The SMILES string of the molecule is CCCCCCCC/C=C\CCCCCCCCCC(=O)OC[C@H](COP(=O)([O-])OCC[N+](C)(C)C)OC(=O)CCCCCCCCCCCCCCCCCC. The number of carbonyl (C=O) groups is 2. The van der Waals surface area contributed by atoms with Gasteiger partial charge in [-0.3, -0.25) is 14.2 Å². The second-order valence-electron chi connectivity index (χ2n) is 17.5. The number of rotatable bonds is 44. The molecule has 0 heterocycles. The summed E-state index contributed by atoms with van der Waals surface area (Å²) in [5.74, 6) is -0.827. The number of nitrogens with zero attached hydrogens (tertiary/aromatic N) is 1. The van der Waals surface area contributed by atoms with E-state index >= 15 is 0 Å². The maximum absolute atomic E-state index is 12.7. The van der Waals surface area contributed by atoms with Gasteiger partial charge in [0, 0.05) is 12.8 Å². The van der Waals surface area contributed by atoms with Gasteiger partial charge in [-0.25, -0.2) is 0 Å². The van der Waals surface area contributed by atoms with E-state index in [9.17, 15) is 19.0 Å². The molecule has 0 bridgehead atoms. The smallest absolute Gasteiger partial charge is 0.306 e. The third-order valence-electron chi connectivity index (χ3n) is 10.5. The fourth-order valence-electron chi connectivity index (χ4n) is 6.77. The Morgan fingerprint density at radius 2 is 0.895 bits per heavy atom. The summed E-state index contributed by atoms with van der Waals surface area (Å²) in [6, 6.07) is 0. The molecule has 0 amide bonds. The molecule has 338 valence electrons. The molecule has 1 unspecified atom stereocenters. The molecule has 0 saturated heterocycles. The van der Waals surface area contributed by atoms with Crippen molar-refractivity contribution in [1.82, 2.24) is 0 Å². The lowest BCUT2D eigenvalue weighted by atomic mass is 10.0. The van der Waals surface area contributed by atoms with Gasteiger partial charge in [-0.15, -0.1) is 0 Å². The van der Waals surface area contributed by atoms with Crippen LogP contribution in [0.15, 0.2) is 12.2 Å². The molecule has 0 N–H and O–H groups in total. The van der Waals surface area contributed by atoms with Gasteiger partial charge in [0.15, 0.2) is 6.10 Å². The predicted octanol–water partition coefficient (Wildman–Crippen LogP) is 13.1. The number of hydrogen-bond acceptors (Lipinski definition) is 8. The minimum absolute atomic E-state index is 0.0281. The number of allylic oxidation sites excluding steroid dienone is 2. The molecule has 0 rings (SSSR count). The first-order valence-electron chi connectivity index (χ1n) is 23.9. The Kier molecular flexibility index (Phi) is 39.3. The van der Waals surface area contributed by atoms with Gasteiger partial charge in [0.1, 0.15) is 19.8 Å². The highest BCUT2D eigenvalue weighted by molar-refractivity contribution is 7.45. The summed E-state index contributed by atoms with van der Waals surface area (Å²) >= 11 is 0. The van der Waals surface area contributed by atoms with E-state index in [2.05, 4.69) is 26.0 Å². The van der Waals surface area contributed by atoms with Crippen molar-refractivity contribution in [3.05, 3.63) is 12.2 Å². The van der Waals surface area contributed by atoms with Gasteiger partial charge in [0.25, 0.3) is 7.82 Å². The van der Waals surface area contributed by atoms with Crippen molar-refractivity contribution in [1.29, 1.82) is 0 Å². The number of hydrogen-bond donors (Lipinski definition) is 0. The van der Waals surface area contributed by atoms with Crippen LogP contribution in [0.4, 0.5) is 0 Å². The second-order valence-corrected chi connectivity index (χ2v) is 18.9. The first kappa shape index (κ1) is 55.8. The molecule has 0 aliphatic rings. The van der Waals surface area contributed by atoms with Gasteiger partial charge < -0.3 is 27.9 Å². The maximum Gasteiger partial charge on any atom is 0.306 e. The third kappa shape index (κ3) is 44.1. The number of phosphoric acid groups is 1. The lowest BCUT2D eigenvalue weighted by Gasteiger charge is -2.28. The summed E-state index contributed by atoms with van der Waals surface area (Å²) in [5, 5.41) is 0. The van der Waals surface area contributed by atoms with Crippen LogP contribution < -0.4 is 4.89 Å². The molecule has 57 heavy (non-hydrogen) atoms. The van der Waals surface area contributed by atoms with Crippen LogP contribution in [0, 0.1) is 0 Å². The van der Waals surface area contributed by atoms with Crippen LogP contribution in [0.25, 0.3) is 0 Å². The third-order valence-corrected chi connectivity index (χ3v) is 11.5. The van der Waals surface area contributed by atoms with Gasteiger partial charge in [-0.2, -0.15) is 0 Å². The van der Waals surface area contributed by atoms with Gasteiger partial charge in [0.2, 0.25) is 0 Å². The normalized spacial score (nSPS) is 13.6. The molecule has 0 aromatic carbocycles. The fourth-order valence-corrected chi connectivity index (χ4v) is 7.50. The number of carbonyl (C=O) groups excluding carboxylic acids is 2. The predicted molar refractivity (Wildman–Crippen MR) is 236 cm³/mol. The molecular weight excluding hydrogens is 737 g/mol. The van der Waals surface area contributed by atoms with Crippen LogP contribution in [0.2, 0.25) is 0 Å². The lowest BCUT2D eigenvalue weighted by molar-refractivity contribution is -0.870. The van der Waals surface area contributed by atoms with E-state index in [1.54, 1.807) is 0 Å². The number of phosphoric ester groups is 1. The van der Waals surface area contributed by atoms with Crippen molar-refractivity contribution >= 4 is 19.8 Å². The molecule has 10 heteroatoms. The topological polar surface area (TPSA) is 111 Å². The highest BCUT2D eigenvalue weighted by atomic mass is 31.2. The first-order chi connectivity index (χ1) is 27.5. The van der Waals surface area contributed by atoms with Crippen molar-refractivity contribution in [3.63, 3.8) is 0 Å². The molecule has 0 aliphatic carbocycles. The summed E-state index contributed by atoms with van der Waals surface area (Å²) in [6.45, 7) is 4.25. The monoisotopic (exact) mass is 830 g/mol. The van der Waals surface area contributed by atoms with E-state index < -0.39 is 26.5 Å². The Morgan fingerprint density at radius 3 is 1.30 bits per heavy atom. The van der Waals surface area contributed by atoms with Crippen molar-refractivity contribution in [3.8, 4) is 0 Å². The summed E-state index contributed by atoms with van der Waals surface area (Å²) in [5.41, 5.74) is 0. The molecule has 0 saturated carbocycles. The first-order valence-corrected chi connectivity index (χ1v) is 25.4. The van der Waals surface area contributed by atoms with Gasteiger partial charge in [-0.1, -0.05) is 187 Å². The minimum Gasteiger partial charge on any atom is -0.756 e. The minimum atomic E-state index is -4.62. The standard InChI is InChI=1S/C47H92NO8P/c1-6-8-10-12-14-16-18-20-22-24-26-27-29-31-33-35-37-39-46(49)53-43-45(44-55-57(51,52)54-42-41-48(3,4)5)56-47(50)40-38-36-34-32-30-28-25-23-21-19-17-15-13-11-9-7-2/h20,22,45H,6-19,21,23-44H2,1-5H3/b22-20-/t45-/m1/s1. The highest BCUT2D eigenvalue weighted by Gasteiger charge is 2.21. The summed E-state index contributed by atoms with van der Waals surface area (Å²) in [7, 11) is 1.18. The van der Waals surface area contributed by atoms with E-state index in [0.717, 1.165) is 38.5 Å². The molecule has 0 radical (unpaired) electrons.